The molecule has 1 saturated heterocycles. The second-order valence-corrected chi connectivity index (χ2v) is 5.15. The number of nitrogens with zero attached hydrogens (tertiary/aromatic N) is 1. The lowest BCUT2D eigenvalue weighted by atomic mass is 10.1. The van der Waals surface area contributed by atoms with Gasteiger partial charge in [-0.3, -0.25) is 0 Å². The Hall–Kier alpha value is -1.45. The van der Waals surface area contributed by atoms with E-state index < -0.39 is 5.82 Å². The molecular formula is C15H23FN2O. The van der Waals surface area contributed by atoms with Crippen LogP contribution in [0.5, 0.6) is 5.75 Å². The molecule has 2 N–H and O–H groups in total. The fraction of sp³-hybridized carbons (Fsp3) is 0.600. The monoisotopic (exact) mass is 266 g/mol. The van der Waals surface area contributed by atoms with Gasteiger partial charge in [-0.05, 0) is 19.3 Å². The molecule has 19 heavy (non-hydrogen) atoms. The summed E-state index contributed by atoms with van der Waals surface area (Å²) in [5.74, 6) is -0.130. The summed E-state index contributed by atoms with van der Waals surface area (Å²) in [6.07, 6.45) is 5.93. The van der Waals surface area contributed by atoms with Crippen molar-refractivity contribution in [1.29, 1.82) is 0 Å². The molecule has 1 atom stereocenters. The fourth-order valence-corrected chi connectivity index (χ4v) is 2.88. The number of anilines is 2. The van der Waals surface area contributed by atoms with Crippen molar-refractivity contribution in [3.05, 3.63) is 17.9 Å². The van der Waals surface area contributed by atoms with Crippen LogP contribution in [0.1, 0.15) is 39.0 Å². The van der Waals surface area contributed by atoms with Crippen LogP contribution in [0.3, 0.4) is 0 Å². The van der Waals surface area contributed by atoms with Gasteiger partial charge in [-0.1, -0.05) is 19.8 Å². The van der Waals surface area contributed by atoms with Crippen molar-refractivity contribution in [3.8, 4) is 5.75 Å². The molecule has 0 spiro atoms. The van der Waals surface area contributed by atoms with Crippen molar-refractivity contribution in [2.75, 3.05) is 24.3 Å². The number of nitrogen functional groups attached to an aromatic ring is 1. The molecule has 1 fully saturated rings. The summed E-state index contributed by atoms with van der Waals surface area (Å²) in [5.41, 5.74) is 7.41. The maximum absolute atomic E-state index is 13.6. The van der Waals surface area contributed by atoms with Crippen LogP contribution < -0.4 is 15.4 Å². The predicted molar refractivity (Wildman–Crippen MR) is 77.3 cm³/mol. The molecule has 1 aromatic rings. The SMILES string of the molecule is CCC1CCCCCN1c1cc(OC)c(F)cc1N. The Labute approximate surface area is 114 Å². The van der Waals surface area contributed by atoms with Crippen LogP contribution in [0, 0.1) is 5.82 Å². The summed E-state index contributed by atoms with van der Waals surface area (Å²) in [6, 6.07) is 3.59. The van der Waals surface area contributed by atoms with Gasteiger partial charge in [0.15, 0.2) is 11.6 Å². The molecule has 1 unspecified atom stereocenters. The summed E-state index contributed by atoms with van der Waals surface area (Å²) in [7, 11) is 1.48. The summed E-state index contributed by atoms with van der Waals surface area (Å²) < 4.78 is 18.7. The number of benzene rings is 1. The molecule has 0 bridgehead atoms. The largest absolute Gasteiger partial charge is 0.494 e. The van der Waals surface area contributed by atoms with Crippen LogP contribution in [0.2, 0.25) is 0 Å². The maximum Gasteiger partial charge on any atom is 0.167 e. The Kier molecular flexibility index (Phi) is 4.51. The van der Waals surface area contributed by atoms with E-state index in [1.165, 1.54) is 32.4 Å². The van der Waals surface area contributed by atoms with Crippen LogP contribution in [-0.2, 0) is 0 Å². The van der Waals surface area contributed by atoms with Gasteiger partial charge in [0, 0.05) is 24.7 Å². The molecule has 106 valence electrons. The highest BCUT2D eigenvalue weighted by atomic mass is 19.1. The van der Waals surface area contributed by atoms with E-state index in [9.17, 15) is 4.39 Å². The standard InChI is InChI=1S/C15H23FN2O/c1-3-11-7-5-4-6-8-18(11)14-10-15(19-2)12(16)9-13(14)17/h9-11H,3-8,17H2,1-2H3. The minimum absolute atomic E-state index is 0.267. The maximum atomic E-state index is 13.6. The lowest BCUT2D eigenvalue weighted by Gasteiger charge is -2.32. The normalized spacial score (nSPS) is 20.2. The van der Waals surface area contributed by atoms with Crippen molar-refractivity contribution >= 4 is 11.4 Å². The van der Waals surface area contributed by atoms with Gasteiger partial charge in [0.25, 0.3) is 0 Å². The summed E-state index contributed by atoms with van der Waals surface area (Å²) in [5, 5.41) is 0. The first kappa shape index (κ1) is 14.0. The molecule has 0 aliphatic carbocycles. The summed E-state index contributed by atoms with van der Waals surface area (Å²) >= 11 is 0. The smallest absolute Gasteiger partial charge is 0.167 e. The quantitative estimate of drug-likeness (QED) is 0.850. The first-order valence-corrected chi connectivity index (χ1v) is 7.07. The Balaban J connectivity index is 2.37. The molecule has 1 aliphatic rings. The minimum atomic E-state index is -0.397. The fourth-order valence-electron chi connectivity index (χ4n) is 2.88. The van der Waals surface area contributed by atoms with E-state index in [-0.39, 0.29) is 5.75 Å². The van der Waals surface area contributed by atoms with Crippen molar-refractivity contribution in [3.63, 3.8) is 0 Å². The minimum Gasteiger partial charge on any atom is -0.494 e. The molecule has 1 heterocycles. The number of hydrogen-bond acceptors (Lipinski definition) is 3. The molecule has 1 aliphatic heterocycles. The highest BCUT2D eigenvalue weighted by Crippen LogP contribution is 2.34. The third kappa shape index (κ3) is 2.94. The number of nitrogens with two attached hydrogens (primary N) is 1. The van der Waals surface area contributed by atoms with Crippen molar-refractivity contribution < 1.29 is 9.13 Å². The number of hydrogen-bond donors (Lipinski definition) is 1. The molecule has 2 rings (SSSR count). The average molecular weight is 266 g/mol. The molecule has 0 radical (unpaired) electrons. The van der Waals surface area contributed by atoms with Gasteiger partial charge < -0.3 is 15.4 Å². The van der Waals surface area contributed by atoms with E-state index in [4.69, 9.17) is 10.5 Å². The van der Waals surface area contributed by atoms with E-state index >= 15 is 0 Å². The van der Waals surface area contributed by atoms with Crippen LogP contribution in [0.25, 0.3) is 0 Å². The van der Waals surface area contributed by atoms with Crippen LogP contribution in [-0.4, -0.2) is 19.7 Å². The molecular weight excluding hydrogens is 243 g/mol. The van der Waals surface area contributed by atoms with E-state index in [0.717, 1.165) is 25.1 Å². The van der Waals surface area contributed by atoms with Crippen molar-refractivity contribution in [2.24, 2.45) is 0 Å². The van der Waals surface area contributed by atoms with Crippen molar-refractivity contribution in [1.82, 2.24) is 0 Å². The van der Waals surface area contributed by atoms with Gasteiger partial charge in [-0.15, -0.1) is 0 Å². The van der Waals surface area contributed by atoms with Crippen molar-refractivity contribution in [2.45, 2.75) is 45.1 Å². The Bertz CT molecular complexity index is 436. The highest BCUT2D eigenvalue weighted by Gasteiger charge is 2.22. The van der Waals surface area contributed by atoms with Crippen LogP contribution >= 0.6 is 0 Å². The number of rotatable bonds is 3. The highest BCUT2D eigenvalue weighted by molar-refractivity contribution is 5.70. The van der Waals surface area contributed by atoms with E-state index in [1.54, 1.807) is 6.07 Å². The van der Waals surface area contributed by atoms with E-state index in [2.05, 4.69) is 11.8 Å². The molecule has 4 heteroatoms. The van der Waals surface area contributed by atoms with E-state index in [0.29, 0.717) is 11.7 Å². The molecule has 0 aromatic heterocycles. The van der Waals surface area contributed by atoms with E-state index in [1.807, 2.05) is 0 Å². The van der Waals surface area contributed by atoms with Gasteiger partial charge in [0.2, 0.25) is 0 Å². The Morgan fingerprint density at radius 3 is 2.84 bits per heavy atom. The Morgan fingerprint density at radius 1 is 1.37 bits per heavy atom. The second kappa shape index (κ2) is 6.13. The third-order valence-corrected chi connectivity index (χ3v) is 3.96. The Morgan fingerprint density at radius 2 is 2.16 bits per heavy atom. The van der Waals surface area contributed by atoms with Gasteiger partial charge in [-0.25, -0.2) is 4.39 Å². The zero-order valence-corrected chi connectivity index (χ0v) is 11.8. The summed E-state index contributed by atoms with van der Waals surface area (Å²) in [4.78, 5) is 2.32. The van der Waals surface area contributed by atoms with Gasteiger partial charge in [0.05, 0.1) is 18.5 Å². The molecule has 0 amide bonds. The topological polar surface area (TPSA) is 38.5 Å². The third-order valence-electron chi connectivity index (χ3n) is 3.96. The zero-order chi connectivity index (χ0) is 13.8. The van der Waals surface area contributed by atoms with Crippen LogP contribution in [0.4, 0.5) is 15.8 Å². The molecule has 0 saturated carbocycles. The van der Waals surface area contributed by atoms with Gasteiger partial charge in [-0.2, -0.15) is 0 Å². The zero-order valence-electron chi connectivity index (χ0n) is 11.8. The van der Waals surface area contributed by atoms with Crippen LogP contribution in [0.15, 0.2) is 12.1 Å². The molecule has 3 nitrogen and oxygen atoms in total. The second-order valence-electron chi connectivity index (χ2n) is 5.15. The first-order valence-electron chi connectivity index (χ1n) is 7.07. The van der Waals surface area contributed by atoms with Gasteiger partial charge >= 0.3 is 0 Å². The number of halogens is 1. The summed E-state index contributed by atoms with van der Waals surface area (Å²) in [6.45, 7) is 3.18. The number of methoxy groups -OCH3 is 1. The average Bonchev–Trinajstić information content (AvgIpc) is 2.64. The van der Waals surface area contributed by atoms with Gasteiger partial charge in [0.1, 0.15) is 0 Å². The molecule has 1 aromatic carbocycles. The number of ether oxygens (including phenoxy) is 1. The first-order chi connectivity index (χ1) is 9.17. The lowest BCUT2D eigenvalue weighted by molar-refractivity contribution is 0.386. The predicted octanol–water partition coefficient (Wildman–Crippen LogP) is 3.58. The lowest BCUT2D eigenvalue weighted by Crippen LogP contribution is -2.35.